The predicted octanol–water partition coefficient (Wildman–Crippen LogP) is 0.412. The van der Waals surface area contributed by atoms with Gasteiger partial charge in [-0.1, -0.05) is 7.43 Å². The molecule has 1 nitrogen and oxygen atoms in total. The zero-order valence-electron chi connectivity index (χ0n) is 1.97. The second kappa shape index (κ2) is 61.9. The van der Waals surface area contributed by atoms with Crippen molar-refractivity contribution in [1.29, 1.82) is 0 Å². The molecule has 4 radical (unpaired) electrons. The van der Waals surface area contributed by atoms with E-state index in [1.807, 2.05) is 0 Å². The minimum atomic E-state index is 0. The van der Waals surface area contributed by atoms with Crippen LogP contribution >= 0.6 is 0 Å². The molecule has 0 aromatic carbocycles. The molecule has 5 heavy (non-hydrogen) atoms. The molecule has 0 aliphatic heterocycles. The molecule has 0 aliphatic rings. The van der Waals surface area contributed by atoms with Crippen LogP contribution in [0.2, 0.25) is 0 Å². The maximum atomic E-state index is 0. The minimum Gasteiger partial charge on any atom is -0.344 e. The number of rotatable bonds is 0. The van der Waals surface area contributed by atoms with E-state index in [1.54, 1.807) is 0 Å². The van der Waals surface area contributed by atoms with E-state index in [4.69, 9.17) is 0 Å². The first-order valence-electron chi connectivity index (χ1n) is 0. The first-order valence-corrected chi connectivity index (χ1v) is 0. The molecule has 0 amide bonds. The van der Waals surface area contributed by atoms with Crippen LogP contribution in [-0.4, -0.2) is 11.0 Å². The fraction of sp³-hybridized carbons (Fsp3) is 1.00. The van der Waals surface area contributed by atoms with Gasteiger partial charge in [0, 0.05) is 45.4 Å². The van der Waals surface area contributed by atoms with Gasteiger partial charge in [0.1, 0.15) is 0 Å². The summed E-state index contributed by atoms with van der Waals surface area (Å²) >= 11 is 0. The molecule has 0 rings (SSSR count). The third kappa shape index (κ3) is 36.1. The van der Waals surface area contributed by atoms with E-state index < -0.39 is 0 Å². The molecule has 0 aliphatic carbocycles. The van der Waals surface area contributed by atoms with Gasteiger partial charge >= 0.3 is 0 Å². The fourth-order valence-corrected chi connectivity index (χ4v) is 0. The van der Waals surface area contributed by atoms with Crippen molar-refractivity contribution in [3.63, 3.8) is 0 Å². The van der Waals surface area contributed by atoms with E-state index in [0.29, 0.717) is 0 Å². The molecule has 0 aromatic heterocycles. The van der Waals surface area contributed by atoms with E-state index in [0.717, 1.165) is 0 Å². The van der Waals surface area contributed by atoms with Gasteiger partial charge in [-0.25, -0.2) is 0 Å². The van der Waals surface area contributed by atoms with Crippen LogP contribution in [-0.2, 0) is 34.4 Å². The van der Waals surface area contributed by atoms with E-state index in [9.17, 15) is 0 Å². The van der Waals surface area contributed by atoms with Crippen LogP contribution in [0, 0.1) is 0 Å². The summed E-state index contributed by atoms with van der Waals surface area (Å²) in [5.41, 5.74) is 0. The van der Waals surface area contributed by atoms with Gasteiger partial charge in [0.25, 0.3) is 0 Å². The van der Waals surface area contributed by atoms with Crippen LogP contribution in [0.3, 0.4) is 0 Å². The first kappa shape index (κ1) is 113. The van der Waals surface area contributed by atoms with Crippen LogP contribution in [0.1, 0.15) is 7.43 Å². The summed E-state index contributed by atoms with van der Waals surface area (Å²) in [6, 6.07) is 0. The van der Waals surface area contributed by atoms with E-state index >= 15 is 0 Å². The molecule has 34 valence electrons. The van der Waals surface area contributed by atoms with Crippen molar-refractivity contribution in [3.05, 3.63) is 0 Å². The summed E-state index contributed by atoms with van der Waals surface area (Å²) in [4.78, 5) is 0. The third-order valence-corrected chi connectivity index (χ3v) is 0. The molecule has 0 unspecified atom stereocenters. The summed E-state index contributed by atoms with van der Waals surface area (Å²) in [6.45, 7) is 0. The summed E-state index contributed by atoms with van der Waals surface area (Å²) in [5.74, 6) is 0. The predicted molar refractivity (Wildman–Crippen MR) is 17.5 cm³/mol. The monoisotopic (exact) mass is 169 g/mol. The summed E-state index contributed by atoms with van der Waals surface area (Å²) in [6.07, 6.45) is 0. The first-order chi connectivity index (χ1) is 0. The molecule has 0 bridgehead atoms. The van der Waals surface area contributed by atoms with Gasteiger partial charge in [0.05, 0.1) is 0 Å². The Kier molecular flexibility index (Phi) is 1400. The summed E-state index contributed by atoms with van der Waals surface area (Å²) in [5, 5.41) is 0. The average molecular weight is 169 g/mol. The number of hydrogen-bond donors (Lipinski definition) is 1. The van der Waals surface area contributed by atoms with Crippen molar-refractivity contribution in [2.45, 2.75) is 7.43 Å². The molecule has 0 atom stereocenters. The zero-order chi connectivity index (χ0) is 0. The van der Waals surface area contributed by atoms with Gasteiger partial charge in [-0.05, 0) is 0 Å². The van der Waals surface area contributed by atoms with Gasteiger partial charge in [-0.2, -0.15) is 0 Å². The maximum absolute atomic E-state index is 0. The largest absolute Gasteiger partial charge is 0.344 e. The van der Waals surface area contributed by atoms with Crippen LogP contribution in [0.5, 0.6) is 0 Å². The Balaban J connectivity index is 0. The smallest absolute Gasteiger partial charge is 0 e. The SMILES string of the molecule is C.N.[Cr].[Fe].[Si]. The molecular formula is CH7CrFeNSi. The fourth-order valence-electron chi connectivity index (χ4n) is 0. The Labute approximate surface area is 59.1 Å². The second-order valence-electron chi connectivity index (χ2n) is 0. The topological polar surface area (TPSA) is 35.0 Å². The van der Waals surface area contributed by atoms with E-state index in [2.05, 4.69) is 0 Å². The Morgan fingerprint density at radius 3 is 1.00 bits per heavy atom. The summed E-state index contributed by atoms with van der Waals surface area (Å²) in [7, 11) is 0. The van der Waals surface area contributed by atoms with Crippen molar-refractivity contribution >= 4 is 11.0 Å². The molecule has 0 fully saturated rings. The normalized spacial score (nSPS) is 0. The standard InChI is InChI=1S/CH4.Cr.Fe.H3N.Si/h1H4;;;1H3;. The molecular weight excluding hydrogens is 162 g/mol. The van der Waals surface area contributed by atoms with Gasteiger partial charge in [0.15, 0.2) is 0 Å². The van der Waals surface area contributed by atoms with Crippen molar-refractivity contribution in [1.82, 2.24) is 6.15 Å². The molecule has 4 heteroatoms. The zero-order valence-corrected chi connectivity index (χ0v) is 5.35. The van der Waals surface area contributed by atoms with Gasteiger partial charge in [-0.15, -0.1) is 0 Å². The third-order valence-electron chi connectivity index (χ3n) is 0. The van der Waals surface area contributed by atoms with Gasteiger partial charge in [0.2, 0.25) is 0 Å². The van der Waals surface area contributed by atoms with Crippen LogP contribution < -0.4 is 6.15 Å². The van der Waals surface area contributed by atoms with Crippen molar-refractivity contribution in [2.75, 3.05) is 0 Å². The molecule has 0 aromatic rings. The molecule has 0 heterocycles. The van der Waals surface area contributed by atoms with Crippen LogP contribution in [0.15, 0.2) is 0 Å². The molecule has 3 N–H and O–H groups in total. The van der Waals surface area contributed by atoms with Crippen molar-refractivity contribution in [2.24, 2.45) is 0 Å². The van der Waals surface area contributed by atoms with E-state index in [1.165, 1.54) is 0 Å². The van der Waals surface area contributed by atoms with E-state index in [-0.39, 0.29) is 59.0 Å². The molecule has 0 saturated carbocycles. The second-order valence-corrected chi connectivity index (χ2v) is 0. The van der Waals surface area contributed by atoms with Gasteiger partial charge < -0.3 is 6.15 Å². The van der Waals surface area contributed by atoms with Crippen LogP contribution in [0.4, 0.5) is 0 Å². The van der Waals surface area contributed by atoms with Crippen molar-refractivity contribution in [3.8, 4) is 0 Å². The maximum Gasteiger partial charge on any atom is 0 e. The van der Waals surface area contributed by atoms with Crippen LogP contribution in [0.25, 0.3) is 0 Å². The Morgan fingerprint density at radius 1 is 1.00 bits per heavy atom. The summed E-state index contributed by atoms with van der Waals surface area (Å²) < 4.78 is 0. The average Bonchev–Trinajstić information content (AvgIpc) is 0. The van der Waals surface area contributed by atoms with Crippen molar-refractivity contribution < 1.29 is 34.4 Å². The van der Waals surface area contributed by atoms with Gasteiger partial charge in [-0.3, -0.25) is 0 Å². The Bertz CT molecular complexity index is 11.6. The quantitative estimate of drug-likeness (QED) is 0.523. The molecule has 0 saturated heterocycles. The Morgan fingerprint density at radius 2 is 1.00 bits per heavy atom. The minimum absolute atomic E-state index is 0. The molecule has 0 spiro atoms. The Hall–Kier alpha value is 1.23. The number of hydrogen-bond acceptors (Lipinski definition) is 1.